The molecule has 1 aliphatic rings. The molecule has 0 aliphatic carbocycles. The third kappa shape index (κ3) is 2.36. The van der Waals surface area contributed by atoms with Crippen molar-refractivity contribution in [3.05, 3.63) is 29.3 Å². The third-order valence-corrected chi connectivity index (χ3v) is 3.23. The first-order chi connectivity index (χ1) is 7.83. The second-order valence-electron chi connectivity index (χ2n) is 4.45. The van der Waals surface area contributed by atoms with Crippen molar-refractivity contribution >= 4 is 5.69 Å². The van der Waals surface area contributed by atoms with Gasteiger partial charge in [0.1, 0.15) is 0 Å². The quantitative estimate of drug-likeness (QED) is 0.723. The number of hydrogen-bond donors (Lipinski definition) is 3. The predicted molar refractivity (Wildman–Crippen MR) is 68.5 cm³/mol. The molecule has 3 nitrogen and oxygen atoms in total. The molecule has 0 fully saturated rings. The molecular formula is C13H21N3. The Morgan fingerprint density at radius 1 is 1.38 bits per heavy atom. The van der Waals surface area contributed by atoms with Crippen LogP contribution in [0.25, 0.3) is 0 Å². The molecule has 5 N–H and O–H groups in total. The molecule has 88 valence electrons. The Morgan fingerprint density at radius 3 is 3.06 bits per heavy atom. The van der Waals surface area contributed by atoms with Crippen molar-refractivity contribution in [2.24, 2.45) is 11.5 Å². The van der Waals surface area contributed by atoms with E-state index < -0.39 is 0 Å². The third-order valence-electron chi connectivity index (χ3n) is 3.23. The lowest BCUT2D eigenvalue weighted by Gasteiger charge is -2.24. The number of aryl methyl sites for hydroxylation is 1. The van der Waals surface area contributed by atoms with Crippen molar-refractivity contribution in [3.8, 4) is 0 Å². The molecule has 0 bridgehead atoms. The largest absolute Gasteiger partial charge is 0.385 e. The molecule has 0 aromatic heterocycles. The van der Waals surface area contributed by atoms with Crippen LogP contribution in [0.1, 0.15) is 36.4 Å². The second kappa shape index (κ2) is 5.32. The lowest BCUT2D eigenvalue weighted by molar-refractivity contribution is 0.616. The van der Waals surface area contributed by atoms with E-state index in [1.807, 2.05) is 0 Å². The fourth-order valence-electron chi connectivity index (χ4n) is 2.34. The van der Waals surface area contributed by atoms with Crippen molar-refractivity contribution in [3.63, 3.8) is 0 Å². The highest BCUT2D eigenvalue weighted by molar-refractivity contribution is 5.60. The monoisotopic (exact) mass is 219 g/mol. The van der Waals surface area contributed by atoms with Crippen molar-refractivity contribution in [1.29, 1.82) is 0 Å². The number of hydrogen-bond acceptors (Lipinski definition) is 3. The van der Waals surface area contributed by atoms with Crippen LogP contribution in [0, 0.1) is 0 Å². The van der Waals surface area contributed by atoms with E-state index in [4.69, 9.17) is 11.5 Å². The van der Waals surface area contributed by atoms with E-state index in [0.717, 1.165) is 25.9 Å². The van der Waals surface area contributed by atoms with Crippen LogP contribution in [0.5, 0.6) is 0 Å². The molecule has 1 aromatic carbocycles. The average molecular weight is 219 g/mol. The SMILES string of the molecule is NCCCC(N)c1cccc2c1NCCC2. The van der Waals surface area contributed by atoms with Gasteiger partial charge in [0, 0.05) is 18.3 Å². The zero-order valence-electron chi connectivity index (χ0n) is 9.71. The van der Waals surface area contributed by atoms with Gasteiger partial charge in [0.15, 0.2) is 0 Å². The highest BCUT2D eigenvalue weighted by atomic mass is 14.9. The molecule has 1 atom stereocenters. The standard InChI is InChI=1S/C13H21N3/c14-8-2-7-12(15)11-6-1-4-10-5-3-9-16-13(10)11/h1,4,6,12,16H,2-3,5,7-9,14-15H2. The highest BCUT2D eigenvalue weighted by Crippen LogP contribution is 2.30. The summed E-state index contributed by atoms with van der Waals surface area (Å²) in [6, 6.07) is 6.56. The van der Waals surface area contributed by atoms with Crippen molar-refractivity contribution < 1.29 is 0 Å². The van der Waals surface area contributed by atoms with Crippen LogP contribution in [0.15, 0.2) is 18.2 Å². The molecule has 2 rings (SSSR count). The number of rotatable bonds is 4. The first-order valence-corrected chi connectivity index (χ1v) is 6.14. The molecule has 0 saturated heterocycles. The molecule has 0 amide bonds. The summed E-state index contributed by atoms with van der Waals surface area (Å²) in [5.74, 6) is 0. The minimum Gasteiger partial charge on any atom is -0.385 e. The molecular weight excluding hydrogens is 198 g/mol. The van der Waals surface area contributed by atoms with Crippen molar-refractivity contribution in [1.82, 2.24) is 0 Å². The minimum absolute atomic E-state index is 0.115. The van der Waals surface area contributed by atoms with E-state index >= 15 is 0 Å². The summed E-state index contributed by atoms with van der Waals surface area (Å²) in [7, 11) is 0. The second-order valence-corrected chi connectivity index (χ2v) is 4.45. The Hall–Kier alpha value is -1.06. The van der Waals surface area contributed by atoms with Crippen LogP contribution in [-0.4, -0.2) is 13.1 Å². The maximum absolute atomic E-state index is 6.21. The fraction of sp³-hybridized carbons (Fsp3) is 0.538. The summed E-state index contributed by atoms with van der Waals surface area (Å²) >= 11 is 0. The molecule has 1 aliphatic heterocycles. The maximum atomic E-state index is 6.21. The fourth-order valence-corrected chi connectivity index (χ4v) is 2.34. The molecule has 0 saturated carbocycles. The predicted octanol–water partition coefficient (Wildman–Crippen LogP) is 1.78. The van der Waals surface area contributed by atoms with E-state index in [0.29, 0.717) is 0 Å². The van der Waals surface area contributed by atoms with Gasteiger partial charge in [0.25, 0.3) is 0 Å². The van der Waals surface area contributed by atoms with Gasteiger partial charge in [-0.3, -0.25) is 0 Å². The van der Waals surface area contributed by atoms with Gasteiger partial charge in [0.05, 0.1) is 0 Å². The zero-order valence-corrected chi connectivity index (χ0v) is 9.71. The van der Waals surface area contributed by atoms with Gasteiger partial charge in [0.2, 0.25) is 0 Å². The van der Waals surface area contributed by atoms with Gasteiger partial charge >= 0.3 is 0 Å². The van der Waals surface area contributed by atoms with Crippen LogP contribution in [0.4, 0.5) is 5.69 Å². The van der Waals surface area contributed by atoms with Crippen molar-refractivity contribution in [2.75, 3.05) is 18.4 Å². The lowest BCUT2D eigenvalue weighted by Crippen LogP contribution is -2.19. The van der Waals surface area contributed by atoms with Gasteiger partial charge in [-0.15, -0.1) is 0 Å². The van der Waals surface area contributed by atoms with Crippen LogP contribution >= 0.6 is 0 Å². The Labute approximate surface area is 97.2 Å². The summed E-state index contributed by atoms with van der Waals surface area (Å²) in [5.41, 5.74) is 15.7. The van der Waals surface area contributed by atoms with Gasteiger partial charge in [-0.05, 0) is 43.4 Å². The molecule has 1 aromatic rings. The number of nitrogens with one attached hydrogen (secondary N) is 1. The molecule has 3 heteroatoms. The Balaban J connectivity index is 2.19. The summed E-state index contributed by atoms with van der Waals surface area (Å²) in [6.45, 7) is 1.78. The van der Waals surface area contributed by atoms with Gasteiger partial charge in [-0.25, -0.2) is 0 Å². The summed E-state index contributed by atoms with van der Waals surface area (Å²) < 4.78 is 0. The van der Waals surface area contributed by atoms with E-state index in [-0.39, 0.29) is 6.04 Å². The molecule has 16 heavy (non-hydrogen) atoms. The van der Waals surface area contributed by atoms with Crippen LogP contribution in [-0.2, 0) is 6.42 Å². The van der Waals surface area contributed by atoms with Gasteiger partial charge in [-0.1, -0.05) is 18.2 Å². The van der Waals surface area contributed by atoms with Crippen molar-refractivity contribution in [2.45, 2.75) is 31.7 Å². The maximum Gasteiger partial charge on any atom is 0.0421 e. The molecule has 1 unspecified atom stereocenters. The van der Waals surface area contributed by atoms with Crippen LogP contribution in [0.2, 0.25) is 0 Å². The Kier molecular flexibility index (Phi) is 3.80. The molecule has 0 radical (unpaired) electrons. The van der Waals surface area contributed by atoms with E-state index in [9.17, 15) is 0 Å². The van der Waals surface area contributed by atoms with Gasteiger partial charge < -0.3 is 16.8 Å². The average Bonchev–Trinajstić information content (AvgIpc) is 2.35. The topological polar surface area (TPSA) is 64.1 Å². The highest BCUT2D eigenvalue weighted by Gasteiger charge is 2.16. The van der Waals surface area contributed by atoms with E-state index in [1.165, 1.54) is 29.7 Å². The smallest absolute Gasteiger partial charge is 0.0421 e. The van der Waals surface area contributed by atoms with Crippen LogP contribution < -0.4 is 16.8 Å². The number of anilines is 1. The zero-order chi connectivity index (χ0) is 11.4. The van der Waals surface area contributed by atoms with Gasteiger partial charge in [-0.2, -0.15) is 0 Å². The summed E-state index contributed by atoms with van der Waals surface area (Å²) in [5, 5.41) is 3.48. The normalized spacial score (nSPS) is 16.4. The van der Waals surface area contributed by atoms with E-state index in [1.54, 1.807) is 0 Å². The summed E-state index contributed by atoms with van der Waals surface area (Å²) in [6.07, 6.45) is 4.34. The first kappa shape index (κ1) is 11.4. The first-order valence-electron chi connectivity index (χ1n) is 6.14. The Bertz CT molecular complexity index is 349. The molecule has 0 spiro atoms. The molecule has 1 heterocycles. The Morgan fingerprint density at radius 2 is 2.25 bits per heavy atom. The van der Waals surface area contributed by atoms with Crippen LogP contribution in [0.3, 0.4) is 0 Å². The number of para-hydroxylation sites is 1. The van der Waals surface area contributed by atoms with E-state index in [2.05, 4.69) is 23.5 Å². The number of benzene rings is 1. The summed E-state index contributed by atoms with van der Waals surface area (Å²) in [4.78, 5) is 0. The minimum atomic E-state index is 0.115. The number of nitrogens with two attached hydrogens (primary N) is 2. The number of fused-ring (bicyclic) bond motifs is 1. The lowest BCUT2D eigenvalue weighted by atomic mass is 9.94.